The molecule has 0 fully saturated rings. The van der Waals surface area contributed by atoms with Gasteiger partial charge in [-0.1, -0.05) is 27.7 Å². The molecule has 0 amide bonds. The van der Waals surface area contributed by atoms with Crippen molar-refractivity contribution >= 4 is 6.47 Å². The molecule has 0 aromatic rings. The first kappa shape index (κ1) is 11.5. The third-order valence-electron chi connectivity index (χ3n) is 2.01. The number of hydrogen-bond donors (Lipinski definition) is 0. The van der Waals surface area contributed by atoms with E-state index in [0.717, 1.165) is 6.42 Å². The number of ether oxygens (including phenoxy) is 1. The van der Waals surface area contributed by atoms with Crippen LogP contribution in [0.1, 0.15) is 41.0 Å². The van der Waals surface area contributed by atoms with Crippen LogP contribution in [0.4, 0.5) is 0 Å². The normalized spacial score (nSPS) is 16.8. The summed E-state index contributed by atoms with van der Waals surface area (Å²) in [4.78, 5) is 10.1. The van der Waals surface area contributed by atoms with Crippen LogP contribution in [-0.2, 0) is 9.53 Å². The van der Waals surface area contributed by atoms with E-state index in [0.29, 0.717) is 17.8 Å². The van der Waals surface area contributed by atoms with Crippen molar-refractivity contribution < 1.29 is 9.53 Å². The van der Waals surface area contributed by atoms with E-state index >= 15 is 0 Å². The second kappa shape index (κ2) is 4.48. The predicted octanol–water partition coefficient (Wildman–Crippen LogP) is 2.62. The Kier molecular flexibility index (Phi) is 4.29. The Morgan fingerprint density at radius 1 is 1.33 bits per heavy atom. The van der Waals surface area contributed by atoms with Gasteiger partial charge in [0.1, 0.15) is 6.10 Å². The lowest BCUT2D eigenvalue weighted by Crippen LogP contribution is -2.22. The summed E-state index contributed by atoms with van der Waals surface area (Å²) in [5.74, 6) is 0.426. The molecule has 0 bridgehead atoms. The molecule has 0 spiro atoms. The van der Waals surface area contributed by atoms with E-state index in [2.05, 4.69) is 27.7 Å². The molecule has 0 aliphatic carbocycles. The second-order valence-electron chi connectivity index (χ2n) is 4.68. The molecule has 0 rings (SSSR count). The SMILES string of the molecule is CC(CC(C)(C)C)C(C)OC=O. The van der Waals surface area contributed by atoms with Gasteiger partial charge in [0, 0.05) is 0 Å². The first-order valence-electron chi connectivity index (χ1n) is 4.46. The van der Waals surface area contributed by atoms with Crippen LogP contribution in [0.2, 0.25) is 0 Å². The quantitative estimate of drug-likeness (QED) is 0.609. The second-order valence-corrected chi connectivity index (χ2v) is 4.68. The summed E-state index contributed by atoms with van der Waals surface area (Å²) in [6.07, 6.45) is 1.10. The Labute approximate surface area is 75.3 Å². The summed E-state index contributed by atoms with van der Waals surface area (Å²) in [6.45, 7) is 11.2. The zero-order valence-electron chi connectivity index (χ0n) is 8.76. The third-order valence-corrected chi connectivity index (χ3v) is 2.01. The first-order chi connectivity index (χ1) is 5.37. The Morgan fingerprint density at radius 2 is 1.83 bits per heavy atom. The average molecular weight is 172 g/mol. The van der Waals surface area contributed by atoms with E-state index in [9.17, 15) is 4.79 Å². The van der Waals surface area contributed by atoms with Crippen LogP contribution in [0.3, 0.4) is 0 Å². The van der Waals surface area contributed by atoms with Crippen molar-refractivity contribution in [2.75, 3.05) is 0 Å². The highest BCUT2D eigenvalue weighted by molar-refractivity contribution is 5.37. The minimum atomic E-state index is 0.0294. The van der Waals surface area contributed by atoms with E-state index in [4.69, 9.17) is 4.74 Å². The lowest BCUT2D eigenvalue weighted by molar-refractivity contribution is -0.135. The van der Waals surface area contributed by atoms with Crippen molar-refractivity contribution in [3.05, 3.63) is 0 Å². The van der Waals surface area contributed by atoms with Crippen molar-refractivity contribution in [2.45, 2.75) is 47.1 Å². The Morgan fingerprint density at radius 3 is 2.17 bits per heavy atom. The number of carbonyl (C=O) groups excluding carboxylic acids is 1. The van der Waals surface area contributed by atoms with E-state index in [1.807, 2.05) is 6.92 Å². The van der Waals surface area contributed by atoms with Crippen molar-refractivity contribution in [2.24, 2.45) is 11.3 Å². The van der Waals surface area contributed by atoms with Crippen LogP contribution >= 0.6 is 0 Å². The predicted molar refractivity (Wildman–Crippen MR) is 49.8 cm³/mol. The Hall–Kier alpha value is -0.530. The van der Waals surface area contributed by atoms with Gasteiger partial charge in [0.15, 0.2) is 0 Å². The largest absolute Gasteiger partial charge is 0.465 e. The summed E-state index contributed by atoms with van der Waals surface area (Å²) >= 11 is 0. The van der Waals surface area contributed by atoms with Gasteiger partial charge in [0.25, 0.3) is 6.47 Å². The topological polar surface area (TPSA) is 26.3 Å². The molecule has 0 N–H and O–H groups in total. The van der Waals surface area contributed by atoms with E-state index < -0.39 is 0 Å². The Bertz CT molecular complexity index is 135. The smallest absolute Gasteiger partial charge is 0.293 e. The molecule has 0 radical (unpaired) electrons. The number of carbonyl (C=O) groups is 1. The van der Waals surface area contributed by atoms with Crippen molar-refractivity contribution in [3.8, 4) is 0 Å². The Balaban J connectivity index is 3.86. The molecule has 12 heavy (non-hydrogen) atoms. The van der Waals surface area contributed by atoms with Gasteiger partial charge in [-0.2, -0.15) is 0 Å². The minimum absolute atomic E-state index is 0.0294. The van der Waals surface area contributed by atoms with Crippen LogP contribution in [0.15, 0.2) is 0 Å². The molecule has 0 aromatic carbocycles. The van der Waals surface area contributed by atoms with Gasteiger partial charge in [0.05, 0.1) is 0 Å². The monoisotopic (exact) mass is 172 g/mol. The molecule has 2 nitrogen and oxygen atoms in total. The molecular formula is C10H20O2. The van der Waals surface area contributed by atoms with E-state index in [1.54, 1.807) is 0 Å². The molecule has 2 heteroatoms. The number of hydrogen-bond acceptors (Lipinski definition) is 2. The first-order valence-corrected chi connectivity index (χ1v) is 4.46. The highest BCUT2D eigenvalue weighted by Crippen LogP contribution is 2.26. The van der Waals surface area contributed by atoms with Crippen LogP contribution in [0, 0.1) is 11.3 Å². The van der Waals surface area contributed by atoms with Crippen LogP contribution in [-0.4, -0.2) is 12.6 Å². The molecule has 0 aliphatic heterocycles. The lowest BCUT2D eigenvalue weighted by atomic mass is 9.83. The molecule has 72 valence electrons. The van der Waals surface area contributed by atoms with Crippen molar-refractivity contribution in [3.63, 3.8) is 0 Å². The standard InChI is InChI=1S/C10H20O2/c1-8(6-10(3,4)5)9(2)12-7-11/h7-9H,6H2,1-5H3. The number of rotatable bonds is 4. The molecule has 0 heterocycles. The summed E-state index contributed by atoms with van der Waals surface area (Å²) < 4.78 is 4.87. The molecule has 0 aliphatic rings. The zero-order valence-corrected chi connectivity index (χ0v) is 8.76. The van der Waals surface area contributed by atoms with Gasteiger partial charge < -0.3 is 4.74 Å². The third kappa shape index (κ3) is 5.16. The average Bonchev–Trinajstić information content (AvgIpc) is 1.84. The summed E-state index contributed by atoms with van der Waals surface area (Å²) in [7, 11) is 0. The summed E-state index contributed by atoms with van der Waals surface area (Å²) in [5, 5.41) is 0. The van der Waals surface area contributed by atoms with Crippen LogP contribution in [0.5, 0.6) is 0 Å². The molecule has 0 saturated carbocycles. The fraction of sp³-hybridized carbons (Fsp3) is 0.900. The van der Waals surface area contributed by atoms with Gasteiger partial charge in [-0.25, -0.2) is 0 Å². The fourth-order valence-corrected chi connectivity index (χ4v) is 1.35. The van der Waals surface area contributed by atoms with Crippen LogP contribution < -0.4 is 0 Å². The molecular weight excluding hydrogens is 152 g/mol. The zero-order chi connectivity index (χ0) is 9.78. The highest BCUT2D eigenvalue weighted by atomic mass is 16.5. The highest BCUT2D eigenvalue weighted by Gasteiger charge is 2.20. The minimum Gasteiger partial charge on any atom is -0.465 e. The van der Waals surface area contributed by atoms with Gasteiger partial charge in [-0.15, -0.1) is 0 Å². The fourth-order valence-electron chi connectivity index (χ4n) is 1.35. The summed E-state index contributed by atoms with van der Waals surface area (Å²) in [6, 6.07) is 0. The van der Waals surface area contributed by atoms with Gasteiger partial charge >= 0.3 is 0 Å². The molecule has 2 unspecified atom stereocenters. The van der Waals surface area contributed by atoms with Gasteiger partial charge in [-0.05, 0) is 24.7 Å². The van der Waals surface area contributed by atoms with E-state index in [-0.39, 0.29) is 6.10 Å². The van der Waals surface area contributed by atoms with Gasteiger partial charge in [0.2, 0.25) is 0 Å². The maximum Gasteiger partial charge on any atom is 0.293 e. The van der Waals surface area contributed by atoms with Crippen molar-refractivity contribution in [1.82, 2.24) is 0 Å². The van der Waals surface area contributed by atoms with Crippen LogP contribution in [0.25, 0.3) is 0 Å². The molecule has 0 aromatic heterocycles. The molecule has 0 saturated heterocycles. The molecule has 2 atom stereocenters. The van der Waals surface area contributed by atoms with E-state index in [1.165, 1.54) is 0 Å². The van der Waals surface area contributed by atoms with Crippen molar-refractivity contribution in [1.29, 1.82) is 0 Å². The maximum absolute atomic E-state index is 10.1. The summed E-state index contributed by atoms with van der Waals surface area (Å²) in [5.41, 5.74) is 0.305. The van der Waals surface area contributed by atoms with Gasteiger partial charge in [-0.3, -0.25) is 4.79 Å². The maximum atomic E-state index is 10.1. The lowest BCUT2D eigenvalue weighted by Gasteiger charge is -2.26.